The summed E-state index contributed by atoms with van der Waals surface area (Å²) < 4.78 is 0. The van der Waals surface area contributed by atoms with Crippen LogP contribution in [-0.4, -0.2) is 21.5 Å². The Balaban J connectivity index is 2.21. The highest BCUT2D eigenvalue weighted by Crippen LogP contribution is 2.16. The molecule has 2 heterocycles. The highest BCUT2D eigenvalue weighted by atomic mass is 14.9. The average Bonchev–Trinajstić information content (AvgIpc) is 2.43. The van der Waals surface area contributed by atoms with Crippen molar-refractivity contribution in [1.29, 1.82) is 0 Å². The molecule has 0 bridgehead atoms. The minimum absolute atomic E-state index is 0.460. The summed E-state index contributed by atoms with van der Waals surface area (Å²) in [6.45, 7) is 6.97. The van der Waals surface area contributed by atoms with E-state index in [0.29, 0.717) is 12.5 Å². The number of nitrogens with zero attached hydrogens (tertiary/aromatic N) is 3. The fraction of sp³-hybridized carbons (Fsp3) is 0.438. The molecule has 1 atom stereocenters. The molecule has 0 radical (unpaired) electrons. The number of hydrogen-bond acceptors (Lipinski definition) is 4. The van der Waals surface area contributed by atoms with Crippen LogP contribution in [0, 0.1) is 19.8 Å². The van der Waals surface area contributed by atoms with Crippen molar-refractivity contribution in [2.24, 2.45) is 11.7 Å². The lowest BCUT2D eigenvalue weighted by Gasteiger charge is -2.14. The Labute approximate surface area is 120 Å². The number of rotatable bonds is 5. The molecular weight excluding hydrogens is 248 g/mol. The topological polar surface area (TPSA) is 64.7 Å². The van der Waals surface area contributed by atoms with Gasteiger partial charge >= 0.3 is 0 Å². The molecule has 2 aromatic rings. The number of aryl methyl sites for hydroxylation is 2. The first-order valence-corrected chi connectivity index (χ1v) is 7.02. The molecule has 0 saturated carbocycles. The van der Waals surface area contributed by atoms with Gasteiger partial charge in [0.1, 0.15) is 5.82 Å². The molecule has 0 aliphatic heterocycles. The van der Waals surface area contributed by atoms with Gasteiger partial charge in [-0.2, -0.15) is 0 Å². The second-order valence-electron chi connectivity index (χ2n) is 5.37. The van der Waals surface area contributed by atoms with Crippen molar-refractivity contribution in [3.63, 3.8) is 0 Å². The maximum absolute atomic E-state index is 5.71. The molecule has 20 heavy (non-hydrogen) atoms. The molecular formula is C16H22N4. The van der Waals surface area contributed by atoms with Crippen molar-refractivity contribution < 1.29 is 0 Å². The van der Waals surface area contributed by atoms with Gasteiger partial charge in [-0.25, -0.2) is 9.97 Å². The Morgan fingerprint density at radius 1 is 1.10 bits per heavy atom. The molecule has 106 valence electrons. The van der Waals surface area contributed by atoms with Crippen LogP contribution in [0.5, 0.6) is 0 Å². The normalized spacial score (nSPS) is 12.4. The lowest BCUT2D eigenvalue weighted by atomic mass is 9.99. The first-order chi connectivity index (χ1) is 9.60. The molecule has 0 amide bonds. The van der Waals surface area contributed by atoms with E-state index in [4.69, 9.17) is 5.73 Å². The maximum atomic E-state index is 5.71. The predicted octanol–water partition coefficient (Wildman–Crippen LogP) is 2.22. The van der Waals surface area contributed by atoms with Gasteiger partial charge in [0.25, 0.3) is 0 Å². The molecule has 2 aromatic heterocycles. The quantitative estimate of drug-likeness (QED) is 0.904. The van der Waals surface area contributed by atoms with Crippen LogP contribution in [-0.2, 0) is 12.8 Å². The van der Waals surface area contributed by atoms with Crippen LogP contribution in [0.3, 0.4) is 0 Å². The van der Waals surface area contributed by atoms with Gasteiger partial charge in [0, 0.05) is 30.2 Å². The van der Waals surface area contributed by atoms with Crippen molar-refractivity contribution in [3.8, 4) is 0 Å². The third-order valence-electron chi connectivity index (χ3n) is 3.53. The van der Waals surface area contributed by atoms with Gasteiger partial charge < -0.3 is 5.73 Å². The molecule has 4 nitrogen and oxygen atoms in total. The monoisotopic (exact) mass is 270 g/mol. The summed E-state index contributed by atoms with van der Waals surface area (Å²) in [6.07, 6.45) is 5.29. The molecule has 0 saturated heterocycles. The van der Waals surface area contributed by atoms with Gasteiger partial charge in [0.2, 0.25) is 0 Å². The van der Waals surface area contributed by atoms with Crippen molar-refractivity contribution in [3.05, 3.63) is 52.9 Å². The number of aromatic nitrogens is 3. The Bertz CT molecular complexity index is 543. The summed E-state index contributed by atoms with van der Waals surface area (Å²) in [6, 6.07) is 4.00. The Morgan fingerprint density at radius 3 is 2.25 bits per heavy atom. The Morgan fingerprint density at radius 2 is 1.70 bits per heavy atom. The highest BCUT2D eigenvalue weighted by Gasteiger charge is 2.11. The number of pyridine rings is 1. The first kappa shape index (κ1) is 14.6. The Kier molecular flexibility index (Phi) is 4.79. The second-order valence-corrected chi connectivity index (χ2v) is 5.37. The molecule has 4 heteroatoms. The first-order valence-electron chi connectivity index (χ1n) is 7.02. The number of hydrogen-bond donors (Lipinski definition) is 1. The molecule has 0 aliphatic rings. The highest BCUT2D eigenvalue weighted by molar-refractivity contribution is 5.26. The van der Waals surface area contributed by atoms with Crippen molar-refractivity contribution in [1.82, 2.24) is 15.0 Å². The fourth-order valence-corrected chi connectivity index (χ4v) is 2.30. The summed E-state index contributed by atoms with van der Waals surface area (Å²) in [4.78, 5) is 13.3. The van der Waals surface area contributed by atoms with Crippen LogP contribution in [0.1, 0.15) is 35.3 Å². The molecule has 2 N–H and O–H groups in total. The molecule has 0 aliphatic carbocycles. The van der Waals surface area contributed by atoms with Gasteiger partial charge in [-0.1, -0.05) is 6.92 Å². The van der Waals surface area contributed by atoms with E-state index < -0.39 is 0 Å². The lowest BCUT2D eigenvalue weighted by Crippen LogP contribution is -2.16. The number of nitrogens with two attached hydrogens (primary N) is 1. The van der Waals surface area contributed by atoms with Crippen LogP contribution < -0.4 is 5.73 Å². The predicted molar refractivity (Wildman–Crippen MR) is 80.5 cm³/mol. The summed E-state index contributed by atoms with van der Waals surface area (Å²) in [5, 5.41) is 0. The van der Waals surface area contributed by atoms with E-state index in [1.165, 1.54) is 11.1 Å². The van der Waals surface area contributed by atoms with Crippen molar-refractivity contribution in [2.75, 3.05) is 6.54 Å². The van der Waals surface area contributed by atoms with Gasteiger partial charge in [-0.15, -0.1) is 0 Å². The van der Waals surface area contributed by atoms with E-state index in [-0.39, 0.29) is 0 Å². The summed E-state index contributed by atoms with van der Waals surface area (Å²) in [7, 11) is 0. The minimum Gasteiger partial charge on any atom is -0.330 e. The van der Waals surface area contributed by atoms with E-state index in [1.807, 2.05) is 12.1 Å². The molecule has 2 rings (SSSR count). The Hall–Kier alpha value is -1.81. The van der Waals surface area contributed by atoms with E-state index in [2.05, 4.69) is 35.7 Å². The molecule has 0 spiro atoms. The van der Waals surface area contributed by atoms with Gasteiger partial charge in [-0.05, 0) is 56.0 Å². The SMILES string of the molecule is Cc1nc(Cc2ccncc2)nc(C)c1CC(C)CN. The zero-order valence-electron chi connectivity index (χ0n) is 12.4. The zero-order chi connectivity index (χ0) is 14.5. The van der Waals surface area contributed by atoms with Gasteiger partial charge in [-0.3, -0.25) is 4.98 Å². The largest absolute Gasteiger partial charge is 0.330 e. The van der Waals surface area contributed by atoms with Crippen LogP contribution in [0.25, 0.3) is 0 Å². The average molecular weight is 270 g/mol. The van der Waals surface area contributed by atoms with Gasteiger partial charge in [0.05, 0.1) is 0 Å². The maximum Gasteiger partial charge on any atom is 0.133 e. The molecule has 1 unspecified atom stereocenters. The van der Waals surface area contributed by atoms with Crippen LogP contribution in [0.2, 0.25) is 0 Å². The fourth-order valence-electron chi connectivity index (χ4n) is 2.30. The van der Waals surface area contributed by atoms with Crippen molar-refractivity contribution >= 4 is 0 Å². The van der Waals surface area contributed by atoms with E-state index in [1.54, 1.807) is 12.4 Å². The van der Waals surface area contributed by atoms with Gasteiger partial charge in [0.15, 0.2) is 0 Å². The second kappa shape index (κ2) is 6.57. The standard InChI is InChI=1S/C16H22N4/c1-11(10-17)8-15-12(2)19-16(20-13(15)3)9-14-4-6-18-7-5-14/h4-7,11H,8-10,17H2,1-3H3. The van der Waals surface area contributed by atoms with Crippen LogP contribution >= 0.6 is 0 Å². The van der Waals surface area contributed by atoms with Crippen LogP contribution in [0.4, 0.5) is 0 Å². The van der Waals surface area contributed by atoms with E-state index in [0.717, 1.165) is 30.1 Å². The molecule has 0 fully saturated rings. The van der Waals surface area contributed by atoms with E-state index >= 15 is 0 Å². The smallest absolute Gasteiger partial charge is 0.133 e. The minimum atomic E-state index is 0.460. The van der Waals surface area contributed by atoms with Crippen LogP contribution in [0.15, 0.2) is 24.5 Å². The lowest BCUT2D eigenvalue weighted by molar-refractivity contribution is 0.584. The van der Waals surface area contributed by atoms with Crippen molar-refractivity contribution in [2.45, 2.75) is 33.6 Å². The third kappa shape index (κ3) is 3.61. The molecule has 0 aromatic carbocycles. The summed E-state index contributed by atoms with van der Waals surface area (Å²) in [5.41, 5.74) is 10.3. The summed E-state index contributed by atoms with van der Waals surface area (Å²) >= 11 is 0. The summed E-state index contributed by atoms with van der Waals surface area (Å²) in [5.74, 6) is 1.33. The van der Waals surface area contributed by atoms with E-state index in [9.17, 15) is 0 Å². The zero-order valence-corrected chi connectivity index (χ0v) is 12.4. The third-order valence-corrected chi connectivity index (χ3v) is 3.53.